The number of hydrogen-bond donors (Lipinski definition) is 3. The van der Waals surface area contributed by atoms with Gasteiger partial charge < -0.3 is 24.8 Å². The number of unbranched alkanes of at least 4 members (excludes halogenated alkanes) is 2. The molecule has 1 heterocycles. The summed E-state index contributed by atoms with van der Waals surface area (Å²) in [6.45, 7) is 25.7. The Balaban J connectivity index is 0.000000307. The van der Waals surface area contributed by atoms with E-state index in [1.54, 1.807) is 6.07 Å². The molecule has 0 amide bonds. The number of cyclic esters (lactones) is 1. The van der Waals surface area contributed by atoms with Crippen molar-refractivity contribution in [3.8, 4) is 35.2 Å². The van der Waals surface area contributed by atoms with Crippen LogP contribution in [-0.2, 0) is 20.4 Å². The Labute approximate surface area is 416 Å². The fourth-order valence-electron chi connectivity index (χ4n) is 9.36. The molecule has 0 radical (unpaired) electrons. The lowest BCUT2D eigenvalue weighted by Gasteiger charge is -2.34. The molecule has 4 aromatic rings. The van der Waals surface area contributed by atoms with Gasteiger partial charge in [-0.15, -0.1) is 0 Å². The van der Waals surface area contributed by atoms with E-state index in [2.05, 4.69) is 153 Å². The molecule has 6 heteroatoms. The average molecular weight is 935 g/mol. The number of aromatic hydroxyl groups is 1. The van der Waals surface area contributed by atoms with Gasteiger partial charge in [0.15, 0.2) is 0 Å². The lowest BCUT2D eigenvalue weighted by Crippen LogP contribution is -2.26. The number of rotatable bonds is 19. The number of benzene rings is 4. The van der Waals surface area contributed by atoms with Gasteiger partial charge in [0.1, 0.15) is 35.4 Å². The molecular weight excluding hydrogens is 853 g/mol. The minimum absolute atomic E-state index is 0.0960. The van der Waals surface area contributed by atoms with Gasteiger partial charge in [-0.2, -0.15) is 0 Å². The van der Waals surface area contributed by atoms with Gasteiger partial charge in [-0.05, 0) is 165 Å². The molecule has 3 N–H and O–H groups in total. The van der Waals surface area contributed by atoms with E-state index in [-0.39, 0.29) is 22.9 Å². The number of carbonyl (C=O) groups excluding carboxylic acids is 1. The van der Waals surface area contributed by atoms with Crippen molar-refractivity contribution in [2.24, 2.45) is 0 Å². The van der Waals surface area contributed by atoms with Crippen LogP contribution < -0.4 is 4.74 Å². The second kappa shape index (κ2) is 25.9. The Morgan fingerprint density at radius 1 is 0.594 bits per heavy atom. The highest BCUT2D eigenvalue weighted by Crippen LogP contribution is 2.42. The number of aliphatic hydroxyl groups is 2. The fraction of sp³-hybridized carbons (Fsp3) is 0.476. The van der Waals surface area contributed by atoms with Crippen LogP contribution in [0.1, 0.15) is 188 Å². The van der Waals surface area contributed by atoms with Crippen LogP contribution in [0.5, 0.6) is 11.5 Å². The van der Waals surface area contributed by atoms with Crippen molar-refractivity contribution in [2.75, 3.05) is 6.61 Å². The standard InChI is InChI=1S/C34H44O4.C29H38O2/c1-7-11-12-20-33(36,8-2)21-19-27-13-14-28(22-25(27)5)34(9-3,10-4)29-15-17-31(26(6)23-29)37-24-30-16-18-32(35)38-30;1-7-11-12-18-28(31,8-2)19-17-24-13-14-25(20-22(24)5)29(9-3,10-4)26-15-16-27(30)23(6)21-26/h13-15,17,19,21-23,30,36H,7-11,16,18,24H2,1-6H3;13-17,19-21,30-31H,7-11H2,1-6H3/b21-19+;19-17+/t30-,33?;/m0./s1. The molecule has 0 bridgehead atoms. The van der Waals surface area contributed by atoms with Gasteiger partial charge in [-0.1, -0.05) is 152 Å². The normalized spacial score (nSPS) is 15.6. The van der Waals surface area contributed by atoms with Crippen molar-refractivity contribution in [1.82, 2.24) is 0 Å². The fourth-order valence-corrected chi connectivity index (χ4v) is 9.36. The zero-order valence-electron chi connectivity index (χ0n) is 44.1. The lowest BCUT2D eigenvalue weighted by atomic mass is 9.70. The summed E-state index contributed by atoms with van der Waals surface area (Å²) in [5.74, 6) is 13.3. The van der Waals surface area contributed by atoms with Gasteiger partial charge in [-0.25, -0.2) is 0 Å². The van der Waals surface area contributed by atoms with Crippen molar-refractivity contribution in [2.45, 2.75) is 188 Å². The zero-order chi connectivity index (χ0) is 50.8. The van der Waals surface area contributed by atoms with E-state index < -0.39 is 11.2 Å². The first kappa shape index (κ1) is 56.1. The predicted octanol–water partition coefficient (Wildman–Crippen LogP) is 14.5. The summed E-state index contributed by atoms with van der Waals surface area (Å²) in [6.07, 6.45) is 17.3. The van der Waals surface area contributed by atoms with Gasteiger partial charge in [0, 0.05) is 30.1 Å². The highest BCUT2D eigenvalue weighted by molar-refractivity contribution is 5.71. The van der Waals surface area contributed by atoms with Gasteiger partial charge in [0.2, 0.25) is 0 Å². The average Bonchev–Trinajstić information content (AvgIpc) is 3.77. The summed E-state index contributed by atoms with van der Waals surface area (Å²) >= 11 is 0. The smallest absolute Gasteiger partial charge is 0.306 e. The van der Waals surface area contributed by atoms with Gasteiger partial charge in [0.25, 0.3) is 0 Å². The summed E-state index contributed by atoms with van der Waals surface area (Å²) in [4.78, 5) is 11.4. The first-order valence-corrected chi connectivity index (χ1v) is 25.7. The Morgan fingerprint density at radius 2 is 1.01 bits per heavy atom. The quantitative estimate of drug-likeness (QED) is 0.0640. The first-order valence-electron chi connectivity index (χ1n) is 25.7. The minimum atomic E-state index is -1.10. The molecule has 0 spiro atoms. The van der Waals surface area contributed by atoms with E-state index in [4.69, 9.17) is 9.47 Å². The number of phenolic OH excluding ortho intramolecular Hbond substituents is 1. The van der Waals surface area contributed by atoms with Crippen LogP contribution in [0.4, 0.5) is 0 Å². The maximum atomic E-state index is 11.4. The first-order chi connectivity index (χ1) is 32.9. The van der Waals surface area contributed by atoms with E-state index in [1.807, 2.05) is 45.1 Å². The molecule has 1 aliphatic rings. The molecule has 1 aliphatic heterocycles. The summed E-state index contributed by atoms with van der Waals surface area (Å²) in [7, 11) is 0. The third kappa shape index (κ3) is 14.3. The molecule has 2 unspecified atom stereocenters. The molecule has 370 valence electrons. The number of carbonyl (C=O) groups is 1. The molecule has 0 saturated carbocycles. The van der Waals surface area contributed by atoms with Crippen molar-refractivity contribution in [1.29, 1.82) is 0 Å². The summed E-state index contributed by atoms with van der Waals surface area (Å²) in [5.41, 5.74) is 9.20. The summed E-state index contributed by atoms with van der Waals surface area (Å²) < 4.78 is 11.3. The molecule has 69 heavy (non-hydrogen) atoms. The van der Waals surface area contributed by atoms with Crippen LogP contribution in [-0.4, -0.2) is 45.2 Å². The molecule has 0 aliphatic carbocycles. The Bertz CT molecular complexity index is 2510. The zero-order valence-corrected chi connectivity index (χ0v) is 44.1. The molecule has 3 atom stereocenters. The highest BCUT2D eigenvalue weighted by atomic mass is 16.6. The van der Waals surface area contributed by atoms with Gasteiger partial charge in [-0.3, -0.25) is 4.79 Å². The van der Waals surface area contributed by atoms with Crippen LogP contribution in [0.25, 0.3) is 12.2 Å². The topological polar surface area (TPSA) is 96.2 Å². The number of phenols is 1. The third-order valence-electron chi connectivity index (χ3n) is 14.4. The minimum Gasteiger partial charge on any atom is -0.508 e. The highest BCUT2D eigenvalue weighted by Gasteiger charge is 2.33. The Hall–Kier alpha value is -5.53. The maximum absolute atomic E-state index is 11.4. The molecular formula is C63H82O6. The third-order valence-corrected chi connectivity index (χ3v) is 14.4. The summed E-state index contributed by atoms with van der Waals surface area (Å²) in [6, 6.07) is 25.7. The molecule has 5 rings (SSSR count). The van der Waals surface area contributed by atoms with Crippen LogP contribution >= 0.6 is 0 Å². The number of esters is 1. The summed E-state index contributed by atoms with van der Waals surface area (Å²) in [5, 5.41) is 31.6. The second-order valence-corrected chi connectivity index (χ2v) is 19.0. The number of hydrogen-bond acceptors (Lipinski definition) is 6. The Morgan fingerprint density at radius 3 is 1.38 bits per heavy atom. The van der Waals surface area contributed by atoms with Crippen molar-refractivity contribution in [3.63, 3.8) is 0 Å². The van der Waals surface area contributed by atoms with E-state index in [1.165, 1.54) is 33.4 Å². The number of ether oxygens (including phenoxy) is 2. The largest absolute Gasteiger partial charge is 0.508 e. The van der Waals surface area contributed by atoms with Crippen molar-refractivity contribution >= 4 is 18.1 Å². The lowest BCUT2D eigenvalue weighted by molar-refractivity contribution is -0.142. The molecule has 1 fully saturated rings. The predicted molar refractivity (Wildman–Crippen MR) is 288 cm³/mol. The Kier molecular flexibility index (Phi) is 21.0. The van der Waals surface area contributed by atoms with Crippen LogP contribution in [0.15, 0.2) is 84.9 Å². The van der Waals surface area contributed by atoms with E-state index in [9.17, 15) is 20.1 Å². The molecule has 6 nitrogen and oxygen atoms in total. The van der Waals surface area contributed by atoms with Crippen LogP contribution in [0.3, 0.4) is 0 Å². The molecule has 4 aromatic carbocycles. The van der Waals surface area contributed by atoms with Gasteiger partial charge in [0.05, 0.1) is 0 Å². The monoisotopic (exact) mass is 935 g/mol. The van der Waals surface area contributed by atoms with Crippen LogP contribution in [0, 0.1) is 51.4 Å². The SMILES string of the molecule is CCCC#CC(O)(/C=C/c1ccc(C(CC)(CC)c2ccc(O)c(C)c2)cc1C)CC.CCCC#CC(O)(/C=C/c1ccc(C(CC)(CC)c2ccc(OC[C@@H]3CCC(=O)O3)c(C)c2)cc1C)CC. The maximum Gasteiger partial charge on any atom is 0.306 e. The van der Waals surface area contributed by atoms with E-state index in [0.717, 1.165) is 85.8 Å². The number of aryl methyl sites for hydroxylation is 4. The van der Waals surface area contributed by atoms with Gasteiger partial charge >= 0.3 is 5.97 Å². The van der Waals surface area contributed by atoms with Crippen LogP contribution in [0.2, 0.25) is 0 Å². The second-order valence-electron chi connectivity index (χ2n) is 19.0. The van der Waals surface area contributed by atoms with Crippen molar-refractivity contribution < 1.29 is 29.6 Å². The molecule has 0 aromatic heterocycles. The van der Waals surface area contributed by atoms with Crippen molar-refractivity contribution in [3.05, 3.63) is 141 Å². The molecule has 1 saturated heterocycles. The van der Waals surface area contributed by atoms with E-state index in [0.29, 0.717) is 31.6 Å². The van der Waals surface area contributed by atoms with E-state index >= 15 is 0 Å².